The number of esters is 1. The second-order valence-electron chi connectivity index (χ2n) is 2.26. The van der Waals surface area contributed by atoms with Crippen molar-refractivity contribution in [2.45, 2.75) is 39.5 Å². The Morgan fingerprint density at radius 2 is 1.91 bits per heavy atom. The molecule has 0 aliphatic carbocycles. The van der Waals surface area contributed by atoms with Gasteiger partial charge in [-0.15, -0.1) is 0 Å². The second-order valence-corrected chi connectivity index (χ2v) is 2.26. The van der Waals surface area contributed by atoms with Crippen LogP contribution in [0.3, 0.4) is 0 Å². The van der Waals surface area contributed by atoms with Crippen molar-refractivity contribution >= 4 is 5.97 Å². The van der Waals surface area contributed by atoms with E-state index in [-0.39, 0.29) is 27.0 Å². The van der Waals surface area contributed by atoms with Crippen LogP contribution in [0.15, 0.2) is 0 Å². The van der Waals surface area contributed by atoms with Gasteiger partial charge in [0, 0.05) is 27.5 Å². The maximum atomic E-state index is 10.7. The van der Waals surface area contributed by atoms with E-state index in [1.165, 1.54) is 0 Å². The minimum Gasteiger partial charge on any atom is -0.466 e. The van der Waals surface area contributed by atoms with Gasteiger partial charge in [-0.05, 0) is 13.3 Å². The van der Waals surface area contributed by atoms with Gasteiger partial charge in [0.2, 0.25) is 0 Å². The number of unbranched alkanes of at least 4 members (excludes halogenated alkanes) is 2. The fourth-order valence-electron chi connectivity index (χ4n) is 0.752. The molecule has 0 amide bonds. The average Bonchev–Trinajstić information content (AvgIpc) is 1.89. The summed E-state index contributed by atoms with van der Waals surface area (Å²) in [5.41, 5.74) is 0. The van der Waals surface area contributed by atoms with Gasteiger partial charge in [0.05, 0.1) is 6.61 Å². The third-order valence-electron chi connectivity index (χ3n) is 1.29. The standard InChI is InChI=1S/C8H16O2.Pt/c1-3-5-6-7-8(9)10-4-2;/h3-7H2,1-2H3;. The normalized spacial score (nSPS) is 8.55. The number of carbonyl (C=O) groups is 1. The van der Waals surface area contributed by atoms with E-state index in [0.29, 0.717) is 13.0 Å². The first kappa shape index (κ1) is 13.7. The fourth-order valence-corrected chi connectivity index (χ4v) is 0.752. The van der Waals surface area contributed by atoms with Gasteiger partial charge in [-0.3, -0.25) is 4.79 Å². The predicted molar refractivity (Wildman–Crippen MR) is 40.8 cm³/mol. The zero-order valence-corrected chi connectivity index (χ0v) is 9.44. The fraction of sp³-hybridized carbons (Fsp3) is 0.875. The van der Waals surface area contributed by atoms with Crippen LogP contribution in [-0.4, -0.2) is 12.6 Å². The molecule has 0 saturated carbocycles. The summed E-state index contributed by atoms with van der Waals surface area (Å²) in [5.74, 6) is -0.0593. The van der Waals surface area contributed by atoms with Crippen molar-refractivity contribution in [2.75, 3.05) is 6.61 Å². The molecule has 0 heterocycles. The Hall–Kier alpha value is 0.158. The second kappa shape index (κ2) is 10.2. The summed E-state index contributed by atoms with van der Waals surface area (Å²) in [5, 5.41) is 0. The zero-order valence-electron chi connectivity index (χ0n) is 7.17. The molecule has 0 aliphatic heterocycles. The molecule has 2 nitrogen and oxygen atoms in total. The molecule has 0 radical (unpaired) electrons. The number of carbonyl (C=O) groups excluding carboxylic acids is 1. The quantitative estimate of drug-likeness (QED) is 0.567. The molecule has 0 fully saturated rings. The first-order valence-electron chi connectivity index (χ1n) is 3.96. The smallest absolute Gasteiger partial charge is 0.305 e. The number of hydrogen-bond acceptors (Lipinski definition) is 2. The summed E-state index contributed by atoms with van der Waals surface area (Å²) in [4.78, 5) is 10.7. The maximum absolute atomic E-state index is 10.7. The van der Waals surface area contributed by atoms with Crippen LogP contribution in [0.5, 0.6) is 0 Å². The molecule has 11 heavy (non-hydrogen) atoms. The van der Waals surface area contributed by atoms with Crippen LogP contribution in [0, 0.1) is 0 Å². The van der Waals surface area contributed by atoms with Crippen molar-refractivity contribution in [1.29, 1.82) is 0 Å². The molecule has 0 saturated heterocycles. The maximum Gasteiger partial charge on any atom is 0.305 e. The van der Waals surface area contributed by atoms with E-state index in [1.54, 1.807) is 0 Å². The summed E-state index contributed by atoms with van der Waals surface area (Å²) in [7, 11) is 0. The van der Waals surface area contributed by atoms with Crippen molar-refractivity contribution in [2.24, 2.45) is 0 Å². The summed E-state index contributed by atoms with van der Waals surface area (Å²) in [6.45, 7) is 4.45. The summed E-state index contributed by atoms with van der Waals surface area (Å²) >= 11 is 0. The molecule has 0 aromatic carbocycles. The van der Waals surface area contributed by atoms with Crippen LogP contribution in [0.1, 0.15) is 39.5 Å². The van der Waals surface area contributed by atoms with E-state index in [1.807, 2.05) is 6.92 Å². The van der Waals surface area contributed by atoms with Crippen LogP contribution < -0.4 is 0 Å². The van der Waals surface area contributed by atoms with Crippen molar-refractivity contribution in [3.05, 3.63) is 0 Å². The molecule has 70 valence electrons. The third kappa shape index (κ3) is 10.2. The summed E-state index contributed by atoms with van der Waals surface area (Å²) in [6, 6.07) is 0. The van der Waals surface area contributed by atoms with E-state index < -0.39 is 0 Å². The molecule has 0 spiro atoms. The Kier molecular flexibility index (Phi) is 12.7. The minimum atomic E-state index is -0.0593. The third-order valence-corrected chi connectivity index (χ3v) is 1.29. The van der Waals surface area contributed by atoms with Gasteiger partial charge < -0.3 is 4.74 Å². The molecule has 0 aromatic rings. The van der Waals surface area contributed by atoms with Gasteiger partial charge in [-0.25, -0.2) is 0 Å². The molecule has 0 aliphatic rings. The van der Waals surface area contributed by atoms with Gasteiger partial charge in [-0.2, -0.15) is 0 Å². The van der Waals surface area contributed by atoms with Crippen LogP contribution in [-0.2, 0) is 30.6 Å². The monoisotopic (exact) mass is 339 g/mol. The minimum absolute atomic E-state index is 0. The van der Waals surface area contributed by atoms with E-state index in [0.717, 1.165) is 19.3 Å². The van der Waals surface area contributed by atoms with Gasteiger partial charge in [0.25, 0.3) is 0 Å². The molecular weight excluding hydrogens is 323 g/mol. The van der Waals surface area contributed by atoms with Gasteiger partial charge in [0.1, 0.15) is 0 Å². The van der Waals surface area contributed by atoms with E-state index in [9.17, 15) is 4.79 Å². The van der Waals surface area contributed by atoms with E-state index in [4.69, 9.17) is 4.74 Å². The Balaban J connectivity index is 0. The first-order valence-corrected chi connectivity index (χ1v) is 3.96. The molecule has 3 heteroatoms. The molecule has 0 unspecified atom stereocenters. The number of ether oxygens (including phenoxy) is 1. The van der Waals surface area contributed by atoms with Gasteiger partial charge in [-0.1, -0.05) is 19.8 Å². The SMILES string of the molecule is CCCCCC(=O)OCC.[Pt]. The largest absolute Gasteiger partial charge is 0.466 e. The van der Waals surface area contributed by atoms with Crippen molar-refractivity contribution in [3.63, 3.8) is 0 Å². The first-order chi connectivity index (χ1) is 4.81. The zero-order chi connectivity index (χ0) is 7.82. The Morgan fingerprint density at radius 1 is 1.27 bits per heavy atom. The van der Waals surface area contributed by atoms with Crippen LogP contribution in [0.2, 0.25) is 0 Å². The molecule has 0 aromatic heterocycles. The molecular formula is C8H16O2Pt. The van der Waals surface area contributed by atoms with Gasteiger partial charge >= 0.3 is 5.97 Å². The Morgan fingerprint density at radius 3 is 2.36 bits per heavy atom. The molecule has 0 rings (SSSR count). The van der Waals surface area contributed by atoms with Crippen molar-refractivity contribution in [3.8, 4) is 0 Å². The molecule has 0 bridgehead atoms. The topological polar surface area (TPSA) is 26.3 Å². The Bertz CT molecular complexity index is 94.1. The molecule has 0 atom stereocenters. The number of rotatable bonds is 5. The van der Waals surface area contributed by atoms with Crippen molar-refractivity contribution in [1.82, 2.24) is 0 Å². The van der Waals surface area contributed by atoms with Crippen LogP contribution >= 0.6 is 0 Å². The predicted octanol–water partition coefficient (Wildman–Crippen LogP) is 2.13. The van der Waals surface area contributed by atoms with Crippen LogP contribution in [0.25, 0.3) is 0 Å². The average molecular weight is 339 g/mol. The molecule has 0 N–H and O–H groups in total. The van der Waals surface area contributed by atoms with Crippen LogP contribution in [0.4, 0.5) is 0 Å². The number of hydrogen-bond donors (Lipinski definition) is 0. The Labute approximate surface area is 83.0 Å². The van der Waals surface area contributed by atoms with Crippen molar-refractivity contribution < 1.29 is 30.6 Å². The summed E-state index contributed by atoms with van der Waals surface area (Å²) < 4.78 is 4.75. The van der Waals surface area contributed by atoms with E-state index in [2.05, 4.69) is 6.92 Å². The van der Waals surface area contributed by atoms with E-state index >= 15 is 0 Å². The van der Waals surface area contributed by atoms with Gasteiger partial charge in [0.15, 0.2) is 0 Å². The summed E-state index contributed by atoms with van der Waals surface area (Å²) in [6.07, 6.45) is 3.83.